The summed E-state index contributed by atoms with van der Waals surface area (Å²) < 4.78 is 0. The van der Waals surface area contributed by atoms with Gasteiger partial charge < -0.3 is 16.0 Å². The Morgan fingerprint density at radius 2 is 1.89 bits per heavy atom. The molecule has 1 aliphatic heterocycles. The van der Waals surface area contributed by atoms with Gasteiger partial charge in [0.05, 0.1) is 11.3 Å². The molecule has 2 amide bonds. The SMILES string of the molecule is Cc1ccc(NC(=O)CSc2ccccc2C(=O)NC2CCCNC2)cc1.Cl. The lowest BCUT2D eigenvalue weighted by Crippen LogP contribution is -2.45. The molecule has 1 fully saturated rings. The van der Waals surface area contributed by atoms with Crippen LogP contribution < -0.4 is 16.0 Å². The van der Waals surface area contributed by atoms with Gasteiger partial charge in [-0.25, -0.2) is 0 Å². The second-order valence-corrected chi connectivity index (χ2v) is 7.73. The number of anilines is 1. The molecule has 0 aromatic heterocycles. The second-order valence-electron chi connectivity index (χ2n) is 6.72. The standard InChI is InChI=1S/C21H25N3O2S.ClH/c1-15-8-10-16(11-9-15)23-20(25)14-27-19-7-3-2-6-18(19)21(26)24-17-5-4-12-22-13-17;/h2-3,6-11,17,22H,4-5,12-14H2,1H3,(H,23,25)(H,24,26);1H. The van der Waals surface area contributed by atoms with E-state index in [9.17, 15) is 9.59 Å². The van der Waals surface area contributed by atoms with E-state index in [1.165, 1.54) is 11.8 Å². The fourth-order valence-corrected chi connectivity index (χ4v) is 3.85. The molecule has 0 radical (unpaired) electrons. The number of nitrogens with one attached hydrogen (secondary N) is 3. The van der Waals surface area contributed by atoms with Gasteiger partial charge in [-0.2, -0.15) is 0 Å². The summed E-state index contributed by atoms with van der Waals surface area (Å²) in [5.41, 5.74) is 2.55. The minimum absolute atomic E-state index is 0. The number of amides is 2. The second kappa shape index (κ2) is 11.1. The molecule has 1 saturated heterocycles. The van der Waals surface area contributed by atoms with E-state index in [2.05, 4.69) is 16.0 Å². The zero-order valence-electron chi connectivity index (χ0n) is 15.9. The number of carbonyl (C=O) groups is 2. The smallest absolute Gasteiger partial charge is 0.252 e. The molecule has 0 spiro atoms. The Kier molecular flexibility index (Phi) is 8.83. The summed E-state index contributed by atoms with van der Waals surface area (Å²) in [5.74, 6) is 0.0877. The Balaban J connectivity index is 0.00000280. The van der Waals surface area contributed by atoms with Crippen molar-refractivity contribution in [2.75, 3.05) is 24.2 Å². The molecule has 0 saturated carbocycles. The molecule has 0 bridgehead atoms. The number of carbonyl (C=O) groups excluding carboxylic acids is 2. The number of rotatable bonds is 6. The van der Waals surface area contributed by atoms with E-state index in [4.69, 9.17) is 0 Å². The van der Waals surface area contributed by atoms with Gasteiger partial charge in [0, 0.05) is 23.2 Å². The highest BCUT2D eigenvalue weighted by molar-refractivity contribution is 8.00. The van der Waals surface area contributed by atoms with Crippen molar-refractivity contribution in [3.8, 4) is 0 Å². The Morgan fingerprint density at radius 1 is 1.14 bits per heavy atom. The molecule has 1 unspecified atom stereocenters. The van der Waals surface area contributed by atoms with E-state index >= 15 is 0 Å². The maximum atomic E-state index is 12.6. The zero-order chi connectivity index (χ0) is 19.1. The first-order valence-corrected chi connectivity index (χ1v) is 10.2. The van der Waals surface area contributed by atoms with E-state index in [1.807, 2.05) is 55.5 Å². The van der Waals surface area contributed by atoms with Crippen LogP contribution in [0.4, 0.5) is 5.69 Å². The zero-order valence-corrected chi connectivity index (χ0v) is 17.5. The van der Waals surface area contributed by atoms with Crippen molar-refractivity contribution < 1.29 is 9.59 Å². The van der Waals surface area contributed by atoms with E-state index in [1.54, 1.807) is 0 Å². The van der Waals surface area contributed by atoms with Crippen LogP contribution in [-0.4, -0.2) is 36.7 Å². The highest BCUT2D eigenvalue weighted by atomic mass is 35.5. The number of hydrogen-bond acceptors (Lipinski definition) is 4. The van der Waals surface area contributed by atoms with E-state index in [0.29, 0.717) is 5.56 Å². The van der Waals surface area contributed by atoms with Gasteiger partial charge in [0.1, 0.15) is 0 Å². The summed E-state index contributed by atoms with van der Waals surface area (Å²) in [6.07, 6.45) is 2.06. The van der Waals surface area contributed by atoms with Crippen LogP contribution in [0.25, 0.3) is 0 Å². The number of thioether (sulfide) groups is 1. The number of piperidine rings is 1. The summed E-state index contributed by atoms with van der Waals surface area (Å²) in [6.45, 7) is 3.82. The monoisotopic (exact) mass is 419 g/mol. The van der Waals surface area contributed by atoms with E-state index in [0.717, 1.165) is 42.1 Å². The average molecular weight is 420 g/mol. The lowest BCUT2D eigenvalue weighted by molar-refractivity contribution is -0.113. The molecule has 0 aliphatic carbocycles. The maximum Gasteiger partial charge on any atom is 0.252 e. The van der Waals surface area contributed by atoms with Crippen molar-refractivity contribution in [2.45, 2.75) is 30.7 Å². The molecule has 2 aromatic carbocycles. The third-order valence-corrected chi connectivity index (χ3v) is 5.53. The quantitative estimate of drug-likeness (QED) is 0.625. The lowest BCUT2D eigenvalue weighted by atomic mass is 10.1. The largest absolute Gasteiger partial charge is 0.348 e. The molecular formula is C21H26ClN3O2S. The molecule has 2 aromatic rings. The van der Waals surface area contributed by atoms with Gasteiger partial charge in [0.2, 0.25) is 5.91 Å². The van der Waals surface area contributed by atoms with Crippen molar-refractivity contribution >= 4 is 41.7 Å². The van der Waals surface area contributed by atoms with Crippen molar-refractivity contribution in [3.63, 3.8) is 0 Å². The van der Waals surface area contributed by atoms with Crippen LogP contribution in [0.5, 0.6) is 0 Å². The summed E-state index contributed by atoms with van der Waals surface area (Å²) in [4.78, 5) is 25.7. The highest BCUT2D eigenvalue weighted by Gasteiger charge is 2.18. The Hall–Kier alpha value is -2.02. The normalized spacial score (nSPS) is 16.0. The summed E-state index contributed by atoms with van der Waals surface area (Å²) in [7, 11) is 0. The van der Waals surface area contributed by atoms with Gasteiger partial charge in [0.15, 0.2) is 0 Å². The van der Waals surface area contributed by atoms with Crippen LogP contribution in [0.2, 0.25) is 0 Å². The highest BCUT2D eigenvalue weighted by Crippen LogP contribution is 2.23. The summed E-state index contributed by atoms with van der Waals surface area (Å²) in [5, 5.41) is 9.28. The van der Waals surface area contributed by atoms with Gasteiger partial charge in [0.25, 0.3) is 5.91 Å². The van der Waals surface area contributed by atoms with Crippen molar-refractivity contribution in [1.82, 2.24) is 10.6 Å². The van der Waals surface area contributed by atoms with Crippen LogP contribution in [0, 0.1) is 6.92 Å². The van der Waals surface area contributed by atoms with Gasteiger partial charge in [-0.15, -0.1) is 24.2 Å². The van der Waals surface area contributed by atoms with E-state index < -0.39 is 0 Å². The van der Waals surface area contributed by atoms with Gasteiger partial charge in [-0.3, -0.25) is 9.59 Å². The Labute approximate surface area is 176 Å². The predicted octanol–water partition coefficient (Wildman–Crippen LogP) is 3.63. The molecule has 1 aliphatic rings. The molecule has 7 heteroatoms. The Bertz CT molecular complexity index is 792. The number of hydrogen-bond donors (Lipinski definition) is 3. The van der Waals surface area contributed by atoms with Crippen LogP contribution >= 0.6 is 24.2 Å². The van der Waals surface area contributed by atoms with Gasteiger partial charge >= 0.3 is 0 Å². The summed E-state index contributed by atoms with van der Waals surface area (Å²) in [6, 6.07) is 15.3. The van der Waals surface area contributed by atoms with Crippen molar-refractivity contribution in [3.05, 3.63) is 59.7 Å². The predicted molar refractivity (Wildman–Crippen MR) is 118 cm³/mol. The van der Waals surface area contributed by atoms with Crippen LogP contribution in [-0.2, 0) is 4.79 Å². The minimum atomic E-state index is -0.0875. The minimum Gasteiger partial charge on any atom is -0.348 e. The summed E-state index contributed by atoms with van der Waals surface area (Å²) >= 11 is 1.38. The number of aryl methyl sites for hydroxylation is 1. The maximum absolute atomic E-state index is 12.6. The number of halogens is 1. The third-order valence-electron chi connectivity index (χ3n) is 4.46. The average Bonchev–Trinajstić information content (AvgIpc) is 2.69. The molecule has 150 valence electrons. The first-order chi connectivity index (χ1) is 13.1. The van der Waals surface area contributed by atoms with E-state index in [-0.39, 0.29) is 36.0 Å². The number of benzene rings is 2. The molecule has 1 heterocycles. The Morgan fingerprint density at radius 3 is 2.61 bits per heavy atom. The van der Waals surface area contributed by atoms with Crippen molar-refractivity contribution in [1.29, 1.82) is 0 Å². The molecular weight excluding hydrogens is 394 g/mol. The third kappa shape index (κ3) is 6.55. The van der Waals surface area contributed by atoms with Crippen molar-refractivity contribution in [2.24, 2.45) is 0 Å². The molecule has 5 nitrogen and oxygen atoms in total. The molecule has 28 heavy (non-hydrogen) atoms. The fraction of sp³-hybridized carbons (Fsp3) is 0.333. The fourth-order valence-electron chi connectivity index (χ4n) is 3.00. The van der Waals surface area contributed by atoms with Crippen LogP contribution in [0.3, 0.4) is 0 Å². The molecule has 1 atom stereocenters. The first kappa shape index (κ1) is 22.3. The van der Waals surface area contributed by atoms with Crippen LogP contribution in [0.1, 0.15) is 28.8 Å². The van der Waals surface area contributed by atoms with Gasteiger partial charge in [-0.05, 0) is 50.6 Å². The topological polar surface area (TPSA) is 70.2 Å². The molecule has 3 N–H and O–H groups in total. The lowest BCUT2D eigenvalue weighted by Gasteiger charge is -2.24. The first-order valence-electron chi connectivity index (χ1n) is 9.22. The van der Waals surface area contributed by atoms with Gasteiger partial charge in [-0.1, -0.05) is 29.8 Å². The molecule has 3 rings (SSSR count). The van der Waals surface area contributed by atoms with Crippen LogP contribution in [0.15, 0.2) is 53.4 Å².